The molecule has 28 heavy (non-hydrogen) atoms. The summed E-state index contributed by atoms with van der Waals surface area (Å²) in [6.45, 7) is 3.96. The van der Waals surface area contributed by atoms with Crippen LogP contribution in [-0.2, 0) is 13.1 Å². The molecule has 1 heterocycles. The summed E-state index contributed by atoms with van der Waals surface area (Å²) in [5, 5.41) is 0. The van der Waals surface area contributed by atoms with Gasteiger partial charge in [-0.3, -0.25) is 9.98 Å². The van der Waals surface area contributed by atoms with Gasteiger partial charge in [0.25, 0.3) is 0 Å². The molecule has 3 nitrogen and oxygen atoms in total. The van der Waals surface area contributed by atoms with Crippen LogP contribution in [-0.4, -0.2) is 16.4 Å². The van der Waals surface area contributed by atoms with Crippen LogP contribution in [0.4, 0.5) is 5.69 Å². The van der Waals surface area contributed by atoms with Gasteiger partial charge < -0.3 is 0 Å². The number of halogens is 2. The average Bonchev–Trinajstić information content (AvgIpc) is 2.98. The van der Waals surface area contributed by atoms with Gasteiger partial charge in [-0.25, -0.2) is 4.98 Å². The zero-order chi connectivity index (χ0) is 20.2. The van der Waals surface area contributed by atoms with Crippen molar-refractivity contribution in [1.82, 2.24) is 4.98 Å². The summed E-state index contributed by atoms with van der Waals surface area (Å²) in [7, 11) is 9.53. The first-order valence-corrected chi connectivity index (χ1v) is 11.7. The molecule has 0 saturated carbocycles. The number of nitrogens with zero attached hydrogens (tertiary/aromatic N) is 3. The van der Waals surface area contributed by atoms with Crippen LogP contribution in [0, 0.1) is 0 Å². The summed E-state index contributed by atoms with van der Waals surface area (Å²) in [4.78, 5) is 14.1. The van der Waals surface area contributed by atoms with Gasteiger partial charge in [-0.1, -0.05) is 42.5 Å². The molecule has 0 spiro atoms. The van der Waals surface area contributed by atoms with Crippen LogP contribution in [0.2, 0.25) is 0 Å². The first-order chi connectivity index (χ1) is 13.6. The van der Waals surface area contributed by atoms with Crippen molar-refractivity contribution in [3.63, 3.8) is 0 Å². The van der Waals surface area contributed by atoms with E-state index in [1.54, 1.807) is 0 Å². The Hall–Kier alpha value is -1.97. The maximum absolute atomic E-state index is 4.76. The number of para-hydroxylation sites is 1. The zero-order valence-electron chi connectivity index (χ0n) is 15.7. The minimum atomic E-state index is 0.194. The van der Waals surface area contributed by atoms with Gasteiger partial charge >= 0.3 is 33.3 Å². The Morgan fingerprint density at radius 3 is 2.21 bits per heavy atom. The predicted molar refractivity (Wildman–Crippen MR) is 117 cm³/mol. The molecule has 1 aliphatic carbocycles. The van der Waals surface area contributed by atoms with Crippen molar-refractivity contribution >= 4 is 37.3 Å². The molecule has 6 heteroatoms. The van der Waals surface area contributed by atoms with E-state index in [-0.39, 0.29) is 13.1 Å². The number of aliphatic imine (C=N–C) groups is 2. The van der Waals surface area contributed by atoms with Gasteiger partial charge in [0.2, 0.25) is 0 Å². The third kappa shape index (κ3) is 7.57. The Morgan fingerprint density at radius 2 is 1.54 bits per heavy atom. The van der Waals surface area contributed by atoms with Gasteiger partial charge in [0.05, 0.1) is 34.2 Å². The first kappa shape index (κ1) is 22.3. The first-order valence-electron chi connectivity index (χ1n) is 8.66. The van der Waals surface area contributed by atoms with E-state index in [9.17, 15) is 0 Å². The molecule has 0 radical (unpaired) electrons. The topological polar surface area (TPSA) is 37.6 Å². The molecule has 0 bridgehead atoms. The van der Waals surface area contributed by atoms with Gasteiger partial charge in [0, 0.05) is 0 Å². The summed E-state index contributed by atoms with van der Waals surface area (Å²) in [6, 6.07) is 15.9. The molecule has 2 aromatic rings. The number of benzene rings is 1. The zero-order valence-corrected chi connectivity index (χ0v) is 18.3. The molecule has 0 N–H and O–H groups in total. The van der Waals surface area contributed by atoms with Crippen molar-refractivity contribution in [2.45, 2.75) is 20.3 Å². The molecule has 0 unspecified atom stereocenters. The van der Waals surface area contributed by atoms with Crippen LogP contribution in [0.1, 0.15) is 31.7 Å². The molecule has 0 aliphatic heterocycles. The van der Waals surface area contributed by atoms with E-state index >= 15 is 0 Å². The third-order valence-electron chi connectivity index (χ3n) is 3.80. The van der Waals surface area contributed by atoms with Gasteiger partial charge in [-0.2, -0.15) is 0 Å². The SMILES string of the molecule is CC(=NC1=CC=CCC=C1)c1cccc(C(C)=Nc2ccccc2)n1.[Cl][Fe][Cl]. The van der Waals surface area contributed by atoms with E-state index < -0.39 is 0 Å². The van der Waals surface area contributed by atoms with Crippen molar-refractivity contribution in [1.29, 1.82) is 0 Å². The van der Waals surface area contributed by atoms with Crippen LogP contribution >= 0.6 is 20.2 Å². The van der Waals surface area contributed by atoms with Crippen LogP contribution in [0.15, 0.2) is 94.6 Å². The molecular weight excluding hydrogens is 433 g/mol. The number of hydrogen-bond acceptors (Lipinski definition) is 3. The van der Waals surface area contributed by atoms with Gasteiger partial charge in [-0.15, -0.1) is 0 Å². The van der Waals surface area contributed by atoms with Gasteiger partial charge in [0.1, 0.15) is 0 Å². The van der Waals surface area contributed by atoms with Crippen molar-refractivity contribution in [3.8, 4) is 0 Å². The Balaban J connectivity index is 0.000000878. The molecular formula is C22H21Cl2FeN3. The van der Waals surface area contributed by atoms with Gasteiger partial charge in [0.15, 0.2) is 0 Å². The fraction of sp³-hybridized carbons (Fsp3) is 0.136. The summed E-state index contributed by atoms with van der Waals surface area (Å²) < 4.78 is 0. The quantitative estimate of drug-likeness (QED) is 0.370. The number of hydrogen-bond donors (Lipinski definition) is 0. The van der Waals surface area contributed by atoms with Crippen molar-refractivity contribution < 1.29 is 13.1 Å². The molecule has 0 saturated heterocycles. The third-order valence-corrected chi connectivity index (χ3v) is 3.80. The predicted octanol–water partition coefficient (Wildman–Crippen LogP) is 6.81. The monoisotopic (exact) mass is 453 g/mol. The minimum absolute atomic E-state index is 0.194. The second kappa shape index (κ2) is 12.5. The fourth-order valence-electron chi connectivity index (χ4n) is 2.48. The number of pyridine rings is 1. The normalized spacial score (nSPS) is 14.2. The Kier molecular flexibility index (Phi) is 9.95. The summed E-state index contributed by atoms with van der Waals surface area (Å²) in [6.07, 6.45) is 11.2. The number of aromatic nitrogens is 1. The molecule has 0 fully saturated rings. The molecule has 0 amide bonds. The van der Waals surface area contributed by atoms with Crippen LogP contribution < -0.4 is 0 Å². The van der Waals surface area contributed by atoms with E-state index in [1.807, 2.05) is 80.6 Å². The second-order valence-electron chi connectivity index (χ2n) is 5.85. The molecule has 3 rings (SSSR count). The standard InChI is InChI=1S/C22H21N3.2ClH.Fe/c1-17(23-19-11-6-3-4-7-12-19)21-15-10-16-22(25-21)18(2)24-20-13-8-5-9-14-20;;;/h3,5-16H,4H2,1-2H3;2*1H;/q;;;+2/p-2. The van der Waals surface area contributed by atoms with Crippen LogP contribution in [0.3, 0.4) is 0 Å². The van der Waals surface area contributed by atoms with Crippen molar-refractivity contribution in [2.75, 3.05) is 0 Å². The number of rotatable bonds is 4. The van der Waals surface area contributed by atoms with Crippen molar-refractivity contribution in [2.24, 2.45) is 9.98 Å². The Labute approximate surface area is 181 Å². The maximum atomic E-state index is 4.76. The fourth-order valence-corrected chi connectivity index (χ4v) is 2.48. The Bertz CT molecular complexity index is 916. The van der Waals surface area contributed by atoms with E-state index in [0.29, 0.717) is 0 Å². The molecule has 1 aromatic carbocycles. The molecule has 0 atom stereocenters. The number of allylic oxidation sites excluding steroid dienone is 5. The molecule has 1 aliphatic rings. The summed E-state index contributed by atoms with van der Waals surface area (Å²) >= 11 is 0.194. The van der Waals surface area contributed by atoms with E-state index in [0.717, 1.165) is 40.6 Å². The van der Waals surface area contributed by atoms with Crippen LogP contribution in [0.25, 0.3) is 0 Å². The summed E-state index contributed by atoms with van der Waals surface area (Å²) in [5.41, 5.74) is 5.37. The summed E-state index contributed by atoms with van der Waals surface area (Å²) in [5.74, 6) is 0. The molecule has 1 aromatic heterocycles. The van der Waals surface area contributed by atoms with E-state index in [2.05, 4.69) is 22.1 Å². The second-order valence-corrected chi connectivity index (χ2v) is 7.67. The average molecular weight is 454 g/mol. The van der Waals surface area contributed by atoms with Crippen LogP contribution in [0.5, 0.6) is 0 Å². The van der Waals surface area contributed by atoms with Gasteiger partial charge in [-0.05, 0) is 56.7 Å². The molecule has 146 valence electrons. The van der Waals surface area contributed by atoms with E-state index in [4.69, 9.17) is 25.2 Å². The van der Waals surface area contributed by atoms with Crippen molar-refractivity contribution in [3.05, 3.63) is 96.0 Å². The Morgan fingerprint density at radius 1 is 0.893 bits per heavy atom. The van der Waals surface area contributed by atoms with E-state index in [1.165, 1.54) is 0 Å².